The first-order chi connectivity index (χ1) is 10.1. The van der Waals surface area contributed by atoms with Crippen LogP contribution in [0, 0.1) is 0 Å². The van der Waals surface area contributed by atoms with Gasteiger partial charge in [-0.05, 0) is 25.4 Å². The van der Waals surface area contributed by atoms with E-state index >= 15 is 0 Å². The molecule has 0 aliphatic heterocycles. The van der Waals surface area contributed by atoms with Crippen molar-refractivity contribution in [1.29, 1.82) is 0 Å². The van der Waals surface area contributed by atoms with Crippen LogP contribution in [0.2, 0.25) is 0 Å². The van der Waals surface area contributed by atoms with Crippen LogP contribution in [0.25, 0.3) is 0 Å². The zero-order valence-corrected chi connectivity index (χ0v) is 13.2. The molecule has 5 nitrogen and oxygen atoms in total. The molecule has 0 aliphatic rings. The molecule has 0 bridgehead atoms. The summed E-state index contributed by atoms with van der Waals surface area (Å²) < 4.78 is 0. The van der Waals surface area contributed by atoms with Gasteiger partial charge in [-0.15, -0.1) is 18.3 Å². The fourth-order valence-corrected chi connectivity index (χ4v) is 2.28. The Hall–Kier alpha value is -1.79. The van der Waals surface area contributed by atoms with E-state index in [1.165, 1.54) is 0 Å². The van der Waals surface area contributed by atoms with Crippen LogP contribution in [0.4, 0.5) is 5.69 Å². The van der Waals surface area contributed by atoms with Crippen molar-refractivity contribution < 1.29 is 9.59 Å². The van der Waals surface area contributed by atoms with Crippen LogP contribution in [0.15, 0.2) is 41.8 Å². The number of nitrogens with zero attached hydrogens (tertiary/aromatic N) is 1. The van der Waals surface area contributed by atoms with Crippen LogP contribution in [0.1, 0.15) is 0 Å². The van der Waals surface area contributed by atoms with Crippen molar-refractivity contribution >= 4 is 29.3 Å². The Morgan fingerprint density at radius 1 is 1.29 bits per heavy atom. The minimum absolute atomic E-state index is 0.130. The molecule has 2 N–H and O–H groups in total. The van der Waals surface area contributed by atoms with Gasteiger partial charge in [-0.25, -0.2) is 0 Å². The summed E-state index contributed by atoms with van der Waals surface area (Å²) in [6, 6.07) is 7.62. The number of rotatable bonds is 8. The summed E-state index contributed by atoms with van der Waals surface area (Å²) in [4.78, 5) is 26.2. The molecular weight excluding hydrogens is 286 g/mol. The summed E-state index contributed by atoms with van der Waals surface area (Å²) in [6.07, 6.45) is 3.57. The lowest BCUT2D eigenvalue weighted by atomic mass is 10.3. The third-order valence-electron chi connectivity index (χ3n) is 2.65. The highest BCUT2D eigenvalue weighted by Crippen LogP contribution is 2.24. The highest BCUT2D eigenvalue weighted by molar-refractivity contribution is 7.98. The Morgan fingerprint density at radius 2 is 1.95 bits per heavy atom. The van der Waals surface area contributed by atoms with Gasteiger partial charge in [0.25, 0.3) is 0 Å². The summed E-state index contributed by atoms with van der Waals surface area (Å²) in [5.41, 5.74) is 0.791. The summed E-state index contributed by atoms with van der Waals surface area (Å²) in [5.74, 6) is -0.273. The average Bonchev–Trinajstić information content (AvgIpc) is 2.45. The second-order valence-electron chi connectivity index (χ2n) is 4.51. The molecule has 0 unspecified atom stereocenters. The molecule has 0 aromatic heterocycles. The quantitative estimate of drug-likeness (QED) is 0.565. The van der Waals surface area contributed by atoms with Crippen LogP contribution in [0.3, 0.4) is 0 Å². The summed E-state index contributed by atoms with van der Waals surface area (Å²) >= 11 is 1.57. The van der Waals surface area contributed by atoms with E-state index in [9.17, 15) is 9.59 Å². The fourth-order valence-electron chi connectivity index (χ4n) is 1.73. The summed E-state index contributed by atoms with van der Waals surface area (Å²) in [6.45, 7) is 4.29. The third-order valence-corrected chi connectivity index (χ3v) is 3.45. The second kappa shape index (κ2) is 9.20. The van der Waals surface area contributed by atoms with Crippen LogP contribution in [-0.2, 0) is 9.59 Å². The van der Waals surface area contributed by atoms with E-state index in [4.69, 9.17) is 0 Å². The monoisotopic (exact) mass is 307 g/mol. The molecule has 114 valence electrons. The van der Waals surface area contributed by atoms with E-state index in [0.717, 1.165) is 10.6 Å². The maximum atomic E-state index is 12.0. The minimum Gasteiger partial charge on any atom is -0.352 e. The number of thioether (sulfide) groups is 1. The third kappa shape index (κ3) is 6.46. The predicted octanol–water partition coefficient (Wildman–Crippen LogP) is 1.58. The molecule has 0 radical (unpaired) electrons. The predicted molar refractivity (Wildman–Crippen MR) is 87.6 cm³/mol. The maximum Gasteiger partial charge on any atom is 0.238 e. The van der Waals surface area contributed by atoms with Gasteiger partial charge in [0, 0.05) is 11.4 Å². The van der Waals surface area contributed by atoms with Gasteiger partial charge in [0.1, 0.15) is 0 Å². The lowest BCUT2D eigenvalue weighted by molar-refractivity contribution is -0.122. The lowest BCUT2D eigenvalue weighted by Gasteiger charge is -2.16. The van der Waals surface area contributed by atoms with E-state index < -0.39 is 0 Å². The first-order valence-electron chi connectivity index (χ1n) is 6.55. The Kier molecular flexibility index (Phi) is 7.56. The first kappa shape index (κ1) is 17.3. The van der Waals surface area contributed by atoms with Crippen molar-refractivity contribution in [3.63, 3.8) is 0 Å². The number of para-hydroxylation sites is 1. The van der Waals surface area contributed by atoms with Crippen LogP contribution < -0.4 is 10.6 Å². The molecule has 21 heavy (non-hydrogen) atoms. The van der Waals surface area contributed by atoms with E-state index in [2.05, 4.69) is 17.2 Å². The number of hydrogen-bond acceptors (Lipinski definition) is 4. The fraction of sp³-hybridized carbons (Fsp3) is 0.333. The molecule has 0 atom stereocenters. The Labute approximate surface area is 129 Å². The maximum absolute atomic E-state index is 12.0. The van der Waals surface area contributed by atoms with E-state index in [1.54, 1.807) is 29.8 Å². The van der Waals surface area contributed by atoms with Crippen molar-refractivity contribution in [2.45, 2.75) is 4.90 Å². The van der Waals surface area contributed by atoms with Crippen LogP contribution >= 0.6 is 11.8 Å². The molecule has 1 rings (SSSR count). The van der Waals surface area contributed by atoms with E-state index in [1.807, 2.05) is 30.5 Å². The van der Waals surface area contributed by atoms with Gasteiger partial charge in [0.15, 0.2) is 0 Å². The van der Waals surface area contributed by atoms with Crippen LogP contribution in [0.5, 0.6) is 0 Å². The van der Waals surface area contributed by atoms with E-state index in [-0.39, 0.29) is 24.9 Å². The van der Waals surface area contributed by atoms with Gasteiger partial charge < -0.3 is 10.6 Å². The molecule has 0 heterocycles. The number of hydrogen-bond donors (Lipinski definition) is 2. The van der Waals surface area contributed by atoms with Gasteiger partial charge in [-0.1, -0.05) is 18.2 Å². The standard InChI is InChI=1S/C15H21N3O2S/c1-4-9-16-14(19)10-18(2)11-15(20)17-12-7-5-6-8-13(12)21-3/h4-8H,1,9-11H2,2-3H3,(H,16,19)(H,17,20). The second-order valence-corrected chi connectivity index (χ2v) is 5.36. The number of carbonyl (C=O) groups excluding carboxylic acids is 2. The molecule has 0 spiro atoms. The van der Waals surface area contributed by atoms with Crippen LogP contribution in [-0.4, -0.2) is 49.7 Å². The number of amides is 2. The highest BCUT2D eigenvalue weighted by atomic mass is 32.2. The molecule has 0 saturated carbocycles. The van der Waals surface area contributed by atoms with Crippen molar-refractivity contribution in [2.75, 3.05) is 38.3 Å². The van der Waals surface area contributed by atoms with Crippen molar-refractivity contribution in [3.8, 4) is 0 Å². The average molecular weight is 307 g/mol. The summed E-state index contributed by atoms with van der Waals surface area (Å²) in [7, 11) is 1.73. The largest absolute Gasteiger partial charge is 0.352 e. The molecule has 6 heteroatoms. The first-order valence-corrected chi connectivity index (χ1v) is 7.78. The minimum atomic E-state index is -0.143. The molecule has 0 aliphatic carbocycles. The zero-order valence-electron chi connectivity index (χ0n) is 12.4. The van der Waals surface area contributed by atoms with Gasteiger partial charge >= 0.3 is 0 Å². The normalized spacial score (nSPS) is 10.2. The van der Waals surface area contributed by atoms with Crippen molar-refractivity contribution in [3.05, 3.63) is 36.9 Å². The smallest absolute Gasteiger partial charge is 0.238 e. The number of carbonyl (C=O) groups is 2. The Morgan fingerprint density at radius 3 is 2.62 bits per heavy atom. The molecule has 0 fully saturated rings. The highest BCUT2D eigenvalue weighted by Gasteiger charge is 2.11. The van der Waals surface area contributed by atoms with Crippen molar-refractivity contribution in [1.82, 2.24) is 10.2 Å². The van der Waals surface area contributed by atoms with Gasteiger partial charge in [0.2, 0.25) is 11.8 Å². The van der Waals surface area contributed by atoms with Crippen molar-refractivity contribution in [2.24, 2.45) is 0 Å². The molecule has 2 amide bonds. The molecule has 1 aromatic carbocycles. The molecule has 0 saturated heterocycles. The SMILES string of the molecule is C=CCNC(=O)CN(C)CC(=O)Nc1ccccc1SC. The zero-order chi connectivity index (χ0) is 15.7. The number of likely N-dealkylation sites (N-methyl/N-ethyl adjacent to an activating group) is 1. The van der Waals surface area contributed by atoms with Gasteiger partial charge in [-0.3, -0.25) is 14.5 Å². The lowest BCUT2D eigenvalue weighted by Crippen LogP contribution is -2.39. The van der Waals surface area contributed by atoms with Gasteiger partial charge in [-0.2, -0.15) is 0 Å². The molecular formula is C15H21N3O2S. The topological polar surface area (TPSA) is 61.4 Å². The number of benzene rings is 1. The van der Waals surface area contributed by atoms with Gasteiger partial charge in [0.05, 0.1) is 18.8 Å². The van der Waals surface area contributed by atoms with E-state index in [0.29, 0.717) is 6.54 Å². The Balaban J connectivity index is 2.46. The number of anilines is 1. The Bertz CT molecular complexity index is 505. The summed E-state index contributed by atoms with van der Waals surface area (Å²) in [5, 5.41) is 5.53. The number of nitrogens with one attached hydrogen (secondary N) is 2. The molecule has 1 aromatic rings.